The Kier molecular flexibility index (Phi) is 9.27. The van der Waals surface area contributed by atoms with Crippen molar-refractivity contribution in [1.29, 1.82) is 0 Å². The summed E-state index contributed by atoms with van der Waals surface area (Å²) in [5.41, 5.74) is 4.35. The zero-order valence-corrected chi connectivity index (χ0v) is 18.9. The van der Waals surface area contributed by atoms with E-state index < -0.39 is 0 Å². The van der Waals surface area contributed by atoms with Crippen LogP contribution in [0.25, 0.3) is 0 Å². The van der Waals surface area contributed by atoms with Crippen LogP contribution in [0.15, 0.2) is 35.3 Å². The van der Waals surface area contributed by atoms with E-state index in [1.807, 2.05) is 55.9 Å². The minimum absolute atomic E-state index is 0. The summed E-state index contributed by atoms with van der Waals surface area (Å²) in [6.45, 7) is 5.37. The quantitative estimate of drug-likeness (QED) is 0.374. The Morgan fingerprint density at radius 1 is 1.19 bits per heavy atom. The number of likely N-dealkylation sites (N-methyl/N-ethyl adjacent to an activating group) is 1. The maximum absolute atomic E-state index is 11.9. The lowest BCUT2D eigenvalue weighted by Gasteiger charge is -2.15. The number of carbonyl (C=O) groups excluding carboxylic acids is 1. The molecule has 1 aromatic heterocycles. The van der Waals surface area contributed by atoms with Crippen LogP contribution in [0.4, 0.5) is 0 Å². The summed E-state index contributed by atoms with van der Waals surface area (Å²) >= 11 is 0. The first-order valence-corrected chi connectivity index (χ1v) is 8.63. The standard InChI is InChI=1S/C19H28N6O.HI/c1-14-17(15(2)25(5)23-14)12-21-19(22-13-18(26)24(3)4)20-11-16-9-7-6-8-10-16;/h6-10H,11-13H2,1-5H3,(H2,20,21,22);1H. The number of amides is 1. The number of rotatable bonds is 6. The number of hydrogen-bond donors (Lipinski definition) is 2. The minimum atomic E-state index is -0.00653. The van der Waals surface area contributed by atoms with Gasteiger partial charge in [0.15, 0.2) is 5.96 Å². The fourth-order valence-electron chi connectivity index (χ4n) is 2.49. The zero-order chi connectivity index (χ0) is 19.1. The van der Waals surface area contributed by atoms with Crippen molar-refractivity contribution in [3.05, 3.63) is 52.8 Å². The van der Waals surface area contributed by atoms with Crippen molar-refractivity contribution in [1.82, 2.24) is 25.3 Å². The van der Waals surface area contributed by atoms with Gasteiger partial charge in [0.25, 0.3) is 0 Å². The molecule has 7 nitrogen and oxygen atoms in total. The summed E-state index contributed by atoms with van der Waals surface area (Å²) in [6.07, 6.45) is 0. The molecule has 27 heavy (non-hydrogen) atoms. The number of nitrogens with zero attached hydrogens (tertiary/aromatic N) is 4. The van der Waals surface area contributed by atoms with Gasteiger partial charge in [-0.2, -0.15) is 5.10 Å². The summed E-state index contributed by atoms with van der Waals surface area (Å²) < 4.78 is 1.87. The van der Waals surface area contributed by atoms with Crippen molar-refractivity contribution in [2.45, 2.75) is 26.9 Å². The molecule has 1 aromatic carbocycles. The number of hydrogen-bond acceptors (Lipinski definition) is 3. The highest BCUT2D eigenvalue weighted by Crippen LogP contribution is 2.11. The average Bonchev–Trinajstić information content (AvgIpc) is 2.87. The predicted molar refractivity (Wildman–Crippen MR) is 119 cm³/mol. The largest absolute Gasteiger partial charge is 0.352 e. The second-order valence-corrected chi connectivity index (χ2v) is 6.42. The molecule has 1 amide bonds. The highest BCUT2D eigenvalue weighted by Gasteiger charge is 2.11. The van der Waals surface area contributed by atoms with Gasteiger partial charge in [0, 0.05) is 38.9 Å². The van der Waals surface area contributed by atoms with E-state index >= 15 is 0 Å². The highest BCUT2D eigenvalue weighted by atomic mass is 127. The van der Waals surface area contributed by atoms with Crippen LogP contribution in [-0.4, -0.2) is 47.2 Å². The molecule has 0 saturated carbocycles. The molecule has 0 radical (unpaired) electrons. The summed E-state index contributed by atoms with van der Waals surface area (Å²) in [5.74, 6) is 0.597. The van der Waals surface area contributed by atoms with Gasteiger partial charge >= 0.3 is 0 Å². The third kappa shape index (κ3) is 6.85. The number of aryl methyl sites for hydroxylation is 2. The topological polar surface area (TPSA) is 74.5 Å². The molecule has 8 heteroatoms. The fourth-order valence-corrected chi connectivity index (χ4v) is 2.49. The van der Waals surface area contributed by atoms with Crippen LogP contribution < -0.4 is 10.6 Å². The van der Waals surface area contributed by atoms with Crippen molar-refractivity contribution < 1.29 is 4.79 Å². The van der Waals surface area contributed by atoms with Crippen molar-refractivity contribution in [3.63, 3.8) is 0 Å². The van der Waals surface area contributed by atoms with Gasteiger partial charge in [-0.25, -0.2) is 4.99 Å². The van der Waals surface area contributed by atoms with E-state index in [-0.39, 0.29) is 36.4 Å². The third-order valence-electron chi connectivity index (χ3n) is 4.26. The summed E-state index contributed by atoms with van der Waals surface area (Å²) in [6, 6.07) is 10.0. The molecular weight excluding hydrogens is 455 g/mol. The van der Waals surface area contributed by atoms with E-state index in [0.717, 1.165) is 22.5 Å². The van der Waals surface area contributed by atoms with E-state index in [1.165, 1.54) is 0 Å². The molecule has 1 heterocycles. The monoisotopic (exact) mass is 484 g/mol. The number of benzene rings is 1. The predicted octanol–water partition coefficient (Wildman–Crippen LogP) is 1.98. The van der Waals surface area contributed by atoms with Crippen LogP contribution in [-0.2, 0) is 24.9 Å². The zero-order valence-electron chi connectivity index (χ0n) is 16.6. The Labute approximate surface area is 178 Å². The third-order valence-corrected chi connectivity index (χ3v) is 4.26. The minimum Gasteiger partial charge on any atom is -0.352 e. The number of guanidine groups is 1. The lowest BCUT2D eigenvalue weighted by atomic mass is 10.2. The molecule has 0 atom stereocenters. The second kappa shape index (κ2) is 10.9. The molecule has 0 spiro atoms. The second-order valence-electron chi connectivity index (χ2n) is 6.42. The molecule has 0 unspecified atom stereocenters. The van der Waals surface area contributed by atoms with Gasteiger partial charge in [0.05, 0.1) is 18.8 Å². The van der Waals surface area contributed by atoms with Gasteiger partial charge in [-0.15, -0.1) is 24.0 Å². The van der Waals surface area contributed by atoms with Crippen LogP contribution in [0.1, 0.15) is 22.5 Å². The lowest BCUT2D eigenvalue weighted by Crippen LogP contribution is -2.42. The molecule has 0 aliphatic carbocycles. The van der Waals surface area contributed by atoms with Crippen LogP contribution >= 0.6 is 24.0 Å². The summed E-state index contributed by atoms with van der Waals surface area (Å²) in [5, 5.41) is 10.9. The van der Waals surface area contributed by atoms with Gasteiger partial charge in [0.2, 0.25) is 5.91 Å². The maximum atomic E-state index is 11.9. The molecule has 0 aliphatic rings. The van der Waals surface area contributed by atoms with Gasteiger partial charge in [-0.05, 0) is 19.4 Å². The summed E-state index contributed by atoms with van der Waals surface area (Å²) in [7, 11) is 5.41. The van der Waals surface area contributed by atoms with Crippen molar-refractivity contribution >= 4 is 35.8 Å². The SMILES string of the molecule is Cc1nn(C)c(C)c1CNC(=NCc1ccccc1)NCC(=O)N(C)C.I. The Hall–Kier alpha value is -2.10. The van der Waals surface area contributed by atoms with Gasteiger partial charge in [-0.1, -0.05) is 30.3 Å². The van der Waals surface area contributed by atoms with Gasteiger partial charge in [-0.3, -0.25) is 9.48 Å². The van der Waals surface area contributed by atoms with Crippen LogP contribution in [0, 0.1) is 13.8 Å². The molecule has 2 N–H and O–H groups in total. The van der Waals surface area contributed by atoms with E-state index in [2.05, 4.69) is 20.7 Å². The Morgan fingerprint density at radius 3 is 2.41 bits per heavy atom. The highest BCUT2D eigenvalue weighted by molar-refractivity contribution is 14.0. The Morgan fingerprint density at radius 2 is 1.85 bits per heavy atom. The maximum Gasteiger partial charge on any atom is 0.241 e. The Bertz CT molecular complexity index is 770. The average molecular weight is 484 g/mol. The first kappa shape index (κ1) is 22.9. The molecule has 0 saturated heterocycles. The molecule has 2 aromatic rings. The van der Waals surface area contributed by atoms with E-state index in [0.29, 0.717) is 19.0 Å². The molecule has 0 bridgehead atoms. The smallest absolute Gasteiger partial charge is 0.241 e. The first-order valence-electron chi connectivity index (χ1n) is 8.63. The Balaban J connectivity index is 0.00000364. The van der Waals surface area contributed by atoms with Gasteiger partial charge < -0.3 is 15.5 Å². The van der Waals surface area contributed by atoms with Crippen LogP contribution in [0.2, 0.25) is 0 Å². The number of halogens is 1. The normalized spacial score (nSPS) is 10.9. The number of nitrogens with one attached hydrogen (secondary N) is 2. The summed E-state index contributed by atoms with van der Waals surface area (Å²) in [4.78, 5) is 18.0. The van der Waals surface area contributed by atoms with Crippen molar-refractivity contribution in [2.24, 2.45) is 12.0 Å². The number of carbonyl (C=O) groups is 1. The van der Waals surface area contributed by atoms with Crippen LogP contribution in [0.3, 0.4) is 0 Å². The number of aromatic nitrogens is 2. The molecule has 2 rings (SSSR count). The van der Waals surface area contributed by atoms with Crippen molar-refractivity contribution in [2.75, 3.05) is 20.6 Å². The molecular formula is C19H29IN6O. The van der Waals surface area contributed by atoms with E-state index in [4.69, 9.17) is 0 Å². The van der Waals surface area contributed by atoms with E-state index in [1.54, 1.807) is 19.0 Å². The molecule has 0 aliphatic heterocycles. The fraction of sp³-hybridized carbons (Fsp3) is 0.421. The first-order chi connectivity index (χ1) is 12.4. The van der Waals surface area contributed by atoms with E-state index in [9.17, 15) is 4.79 Å². The van der Waals surface area contributed by atoms with Gasteiger partial charge in [0.1, 0.15) is 0 Å². The molecule has 148 valence electrons. The van der Waals surface area contributed by atoms with Crippen molar-refractivity contribution in [3.8, 4) is 0 Å². The number of aliphatic imine (C=N–C) groups is 1. The lowest BCUT2D eigenvalue weighted by molar-refractivity contribution is -0.127. The molecule has 0 fully saturated rings. The van der Waals surface area contributed by atoms with Crippen LogP contribution in [0.5, 0.6) is 0 Å².